The number of thioether (sulfide) groups is 1. The molecule has 1 aliphatic heterocycles. The van der Waals surface area contributed by atoms with E-state index in [0.29, 0.717) is 0 Å². The molecule has 0 aromatic carbocycles. The van der Waals surface area contributed by atoms with Crippen molar-refractivity contribution >= 4 is 28.6 Å². The Labute approximate surface area is 78.8 Å². The Morgan fingerprint density at radius 2 is 2.33 bits per heavy atom. The molecule has 1 saturated heterocycles. The first kappa shape index (κ1) is 10.3. The van der Waals surface area contributed by atoms with Crippen molar-refractivity contribution in [2.75, 3.05) is 11.5 Å². The van der Waals surface area contributed by atoms with Crippen LogP contribution in [0.5, 0.6) is 0 Å². The molecule has 1 heterocycles. The Morgan fingerprint density at radius 3 is 2.75 bits per heavy atom. The summed E-state index contributed by atoms with van der Waals surface area (Å²) in [5, 5.41) is -1.53. The van der Waals surface area contributed by atoms with Gasteiger partial charge in [0, 0.05) is 6.42 Å². The lowest BCUT2D eigenvalue weighted by Gasteiger charge is -2.14. The van der Waals surface area contributed by atoms with Gasteiger partial charge in [-0.1, -0.05) is 0 Å². The molecule has 1 nitrogen and oxygen atoms in total. The molecule has 0 N–H and O–H groups in total. The maximum atomic E-state index is 12.7. The van der Waals surface area contributed by atoms with Crippen molar-refractivity contribution in [3.8, 4) is 0 Å². The molecule has 1 aliphatic rings. The summed E-state index contributed by atoms with van der Waals surface area (Å²) >= 11 is 6.40. The van der Waals surface area contributed by atoms with Gasteiger partial charge in [0.15, 0.2) is 0 Å². The molecular formula is C7H9ClF2OS. The summed E-state index contributed by atoms with van der Waals surface area (Å²) in [6.07, 6.45) is 0.382. The van der Waals surface area contributed by atoms with Gasteiger partial charge in [0.05, 0.1) is 0 Å². The molecule has 0 radical (unpaired) electrons. The van der Waals surface area contributed by atoms with Gasteiger partial charge >= 0.3 is 5.92 Å². The first-order chi connectivity index (χ1) is 5.52. The minimum atomic E-state index is -3.32. The topological polar surface area (TPSA) is 17.1 Å². The van der Waals surface area contributed by atoms with Gasteiger partial charge in [-0.05, 0) is 35.4 Å². The highest BCUT2D eigenvalue weighted by Gasteiger charge is 2.40. The van der Waals surface area contributed by atoms with Gasteiger partial charge in [-0.25, -0.2) is 0 Å². The van der Waals surface area contributed by atoms with Crippen LogP contribution in [0.1, 0.15) is 12.8 Å². The van der Waals surface area contributed by atoms with Crippen LogP contribution in [0, 0.1) is 5.92 Å². The number of rotatable bonds is 3. The van der Waals surface area contributed by atoms with E-state index in [1.165, 1.54) is 0 Å². The van der Waals surface area contributed by atoms with Crippen LogP contribution in [0.2, 0.25) is 0 Å². The van der Waals surface area contributed by atoms with Crippen LogP contribution in [-0.2, 0) is 4.79 Å². The Balaban J connectivity index is 2.42. The summed E-state index contributed by atoms with van der Waals surface area (Å²) < 4.78 is 25.4. The van der Waals surface area contributed by atoms with E-state index in [2.05, 4.69) is 0 Å². The maximum Gasteiger partial charge on any atom is 0.320 e. The van der Waals surface area contributed by atoms with E-state index >= 15 is 0 Å². The van der Waals surface area contributed by atoms with Gasteiger partial charge < -0.3 is 0 Å². The van der Waals surface area contributed by atoms with Crippen molar-refractivity contribution in [1.82, 2.24) is 0 Å². The largest absolute Gasteiger partial charge is 0.320 e. The van der Waals surface area contributed by atoms with Crippen LogP contribution in [0.4, 0.5) is 8.78 Å². The fourth-order valence-corrected chi connectivity index (χ4v) is 2.55. The van der Waals surface area contributed by atoms with Gasteiger partial charge in [0.25, 0.3) is 5.24 Å². The highest BCUT2D eigenvalue weighted by Crippen LogP contribution is 2.34. The standard InChI is InChI=1S/C7H9ClF2OS/c8-6(11)7(9,10)3-5-1-2-12-4-5/h5H,1-4H2. The first-order valence-corrected chi connectivity index (χ1v) is 5.21. The van der Waals surface area contributed by atoms with Gasteiger partial charge in [0.2, 0.25) is 0 Å². The predicted molar refractivity (Wildman–Crippen MR) is 45.9 cm³/mol. The third kappa shape index (κ3) is 2.59. The molecule has 1 atom stereocenters. The minimum Gasteiger partial charge on any atom is -0.274 e. The SMILES string of the molecule is O=C(Cl)C(F)(F)CC1CCSC1. The third-order valence-electron chi connectivity index (χ3n) is 1.86. The molecule has 0 spiro atoms. The molecule has 0 saturated carbocycles. The molecule has 1 fully saturated rings. The summed E-state index contributed by atoms with van der Waals surface area (Å²) in [4.78, 5) is 10.3. The average Bonchev–Trinajstić information content (AvgIpc) is 2.38. The number of alkyl halides is 2. The maximum absolute atomic E-state index is 12.7. The molecule has 5 heteroatoms. The Bertz CT molecular complexity index is 180. The Kier molecular flexibility index (Phi) is 3.35. The molecule has 0 aliphatic carbocycles. The van der Waals surface area contributed by atoms with Crippen LogP contribution >= 0.6 is 23.4 Å². The summed E-state index contributed by atoms with van der Waals surface area (Å²) in [6.45, 7) is 0. The number of hydrogen-bond acceptors (Lipinski definition) is 2. The van der Waals surface area contributed by atoms with Crippen molar-refractivity contribution in [3.63, 3.8) is 0 Å². The number of carbonyl (C=O) groups is 1. The zero-order valence-corrected chi connectivity index (χ0v) is 7.93. The van der Waals surface area contributed by atoms with Crippen LogP contribution < -0.4 is 0 Å². The summed E-state index contributed by atoms with van der Waals surface area (Å²) in [5.41, 5.74) is 0. The van der Waals surface area contributed by atoms with Crippen LogP contribution in [0.25, 0.3) is 0 Å². The summed E-state index contributed by atoms with van der Waals surface area (Å²) in [6, 6.07) is 0. The second kappa shape index (κ2) is 3.92. The predicted octanol–water partition coefficient (Wildman–Crippen LogP) is 2.53. The van der Waals surface area contributed by atoms with Crippen LogP contribution in [0.3, 0.4) is 0 Å². The highest BCUT2D eigenvalue weighted by atomic mass is 35.5. The molecule has 1 unspecified atom stereocenters. The van der Waals surface area contributed by atoms with Crippen molar-refractivity contribution in [1.29, 1.82) is 0 Å². The fraction of sp³-hybridized carbons (Fsp3) is 0.857. The monoisotopic (exact) mass is 214 g/mol. The lowest BCUT2D eigenvalue weighted by atomic mass is 10.0. The fourth-order valence-electron chi connectivity index (χ4n) is 1.19. The van der Waals surface area contributed by atoms with Crippen LogP contribution in [0.15, 0.2) is 0 Å². The molecule has 12 heavy (non-hydrogen) atoms. The normalized spacial score (nSPS) is 24.4. The van der Waals surface area contributed by atoms with Crippen molar-refractivity contribution < 1.29 is 13.6 Å². The molecule has 0 aromatic heterocycles. The quantitative estimate of drug-likeness (QED) is 0.672. The van der Waals surface area contributed by atoms with E-state index in [1.54, 1.807) is 11.8 Å². The van der Waals surface area contributed by atoms with E-state index < -0.39 is 11.2 Å². The number of hydrogen-bond donors (Lipinski definition) is 0. The van der Waals surface area contributed by atoms with Gasteiger partial charge in [0.1, 0.15) is 0 Å². The highest BCUT2D eigenvalue weighted by molar-refractivity contribution is 7.99. The molecule has 0 aromatic rings. The number of halogens is 3. The Hall–Kier alpha value is 0.170. The molecule has 1 rings (SSSR count). The molecular weight excluding hydrogens is 206 g/mol. The van der Waals surface area contributed by atoms with Crippen molar-refractivity contribution in [3.05, 3.63) is 0 Å². The smallest absolute Gasteiger partial charge is 0.274 e. The van der Waals surface area contributed by atoms with E-state index in [9.17, 15) is 13.6 Å². The van der Waals surface area contributed by atoms with Crippen molar-refractivity contribution in [2.45, 2.75) is 18.8 Å². The third-order valence-corrected chi connectivity index (χ3v) is 3.36. The lowest BCUT2D eigenvalue weighted by Crippen LogP contribution is -2.27. The molecule has 0 bridgehead atoms. The zero-order chi connectivity index (χ0) is 9.19. The summed E-state index contributed by atoms with van der Waals surface area (Å²) in [5.74, 6) is -1.73. The van der Waals surface area contributed by atoms with E-state index in [1.807, 2.05) is 0 Å². The van der Waals surface area contributed by atoms with E-state index in [4.69, 9.17) is 11.6 Å². The lowest BCUT2D eigenvalue weighted by molar-refractivity contribution is -0.136. The second-order valence-corrected chi connectivity index (χ2v) is 4.41. The number of carbonyl (C=O) groups excluding carboxylic acids is 1. The minimum absolute atomic E-state index is 0.0484. The average molecular weight is 215 g/mol. The van der Waals surface area contributed by atoms with E-state index in [0.717, 1.165) is 17.9 Å². The summed E-state index contributed by atoms with van der Waals surface area (Å²) in [7, 11) is 0. The van der Waals surface area contributed by atoms with Gasteiger partial charge in [-0.3, -0.25) is 4.79 Å². The zero-order valence-electron chi connectivity index (χ0n) is 6.36. The van der Waals surface area contributed by atoms with Crippen LogP contribution in [-0.4, -0.2) is 22.7 Å². The van der Waals surface area contributed by atoms with E-state index in [-0.39, 0.29) is 12.3 Å². The van der Waals surface area contributed by atoms with Crippen molar-refractivity contribution in [2.24, 2.45) is 5.92 Å². The Morgan fingerprint density at radius 1 is 1.67 bits per heavy atom. The van der Waals surface area contributed by atoms with Gasteiger partial charge in [-0.2, -0.15) is 20.5 Å². The van der Waals surface area contributed by atoms with Gasteiger partial charge in [-0.15, -0.1) is 0 Å². The second-order valence-electron chi connectivity index (χ2n) is 2.91. The molecule has 70 valence electrons. The molecule has 0 amide bonds. The first-order valence-electron chi connectivity index (χ1n) is 3.68.